The maximum atomic E-state index is 12.3. The highest BCUT2D eigenvalue weighted by molar-refractivity contribution is 7.98. The molecule has 0 bridgehead atoms. The number of carbonyl (C=O) groups excluding carboxylic acids is 1. The van der Waals surface area contributed by atoms with Crippen molar-refractivity contribution < 1.29 is 9.72 Å². The lowest BCUT2D eigenvalue weighted by Gasteiger charge is -2.34. The second-order valence-electron chi connectivity index (χ2n) is 7.00. The first-order valence-corrected chi connectivity index (χ1v) is 10.9. The average molecular weight is 415 g/mol. The summed E-state index contributed by atoms with van der Waals surface area (Å²) in [5, 5.41) is 14.0. The lowest BCUT2D eigenvalue weighted by Crippen LogP contribution is -2.48. The van der Waals surface area contributed by atoms with E-state index in [2.05, 4.69) is 39.4 Å². The normalized spacial score (nSPS) is 15.2. The molecular formula is C21H26N4O3S. The molecule has 154 valence electrons. The zero-order valence-corrected chi connectivity index (χ0v) is 17.4. The van der Waals surface area contributed by atoms with Crippen molar-refractivity contribution in [2.75, 3.05) is 45.5 Å². The highest BCUT2D eigenvalue weighted by Gasteiger charge is 2.19. The fourth-order valence-electron chi connectivity index (χ4n) is 3.42. The lowest BCUT2D eigenvalue weighted by molar-refractivity contribution is -0.387. The zero-order chi connectivity index (χ0) is 20.6. The van der Waals surface area contributed by atoms with Crippen LogP contribution in [0.2, 0.25) is 0 Å². The van der Waals surface area contributed by atoms with E-state index in [0.29, 0.717) is 17.0 Å². The van der Waals surface area contributed by atoms with Gasteiger partial charge in [-0.1, -0.05) is 30.3 Å². The first-order valence-electron chi connectivity index (χ1n) is 9.66. The van der Waals surface area contributed by atoms with Crippen LogP contribution in [-0.4, -0.2) is 66.2 Å². The summed E-state index contributed by atoms with van der Waals surface area (Å²) in [5.41, 5.74) is 1.62. The number of carbonyl (C=O) groups is 1. The van der Waals surface area contributed by atoms with Crippen LogP contribution in [0.15, 0.2) is 53.4 Å². The molecule has 0 unspecified atom stereocenters. The van der Waals surface area contributed by atoms with Crippen molar-refractivity contribution in [3.63, 3.8) is 0 Å². The molecule has 0 aliphatic carbocycles. The maximum Gasteiger partial charge on any atom is 0.283 e. The van der Waals surface area contributed by atoms with Crippen LogP contribution >= 0.6 is 11.8 Å². The molecule has 29 heavy (non-hydrogen) atoms. The molecule has 1 fully saturated rings. The Morgan fingerprint density at radius 2 is 1.79 bits per heavy atom. The summed E-state index contributed by atoms with van der Waals surface area (Å²) in [6, 6.07) is 15.1. The molecule has 0 spiro atoms. The number of hydrogen-bond acceptors (Lipinski definition) is 6. The Balaban J connectivity index is 1.42. The van der Waals surface area contributed by atoms with Crippen molar-refractivity contribution in [3.8, 4) is 0 Å². The first-order chi connectivity index (χ1) is 14.1. The topological polar surface area (TPSA) is 78.7 Å². The van der Waals surface area contributed by atoms with E-state index in [1.165, 1.54) is 23.4 Å². The van der Waals surface area contributed by atoms with Crippen molar-refractivity contribution in [3.05, 3.63) is 69.8 Å². The van der Waals surface area contributed by atoms with Crippen LogP contribution in [0.1, 0.15) is 15.9 Å². The van der Waals surface area contributed by atoms with E-state index in [9.17, 15) is 14.9 Å². The van der Waals surface area contributed by atoms with Gasteiger partial charge in [-0.15, -0.1) is 11.8 Å². The van der Waals surface area contributed by atoms with Crippen molar-refractivity contribution in [2.45, 2.75) is 11.4 Å². The van der Waals surface area contributed by atoms with E-state index in [1.807, 2.05) is 6.07 Å². The molecule has 8 heteroatoms. The Labute approximate surface area is 175 Å². The third kappa shape index (κ3) is 6.03. The number of amides is 1. The zero-order valence-electron chi connectivity index (χ0n) is 16.5. The van der Waals surface area contributed by atoms with Gasteiger partial charge in [0.2, 0.25) is 0 Å². The Hall–Kier alpha value is -2.42. The average Bonchev–Trinajstić information content (AvgIpc) is 2.75. The minimum Gasteiger partial charge on any atom is -0.351 e. The van der Waals surface area contributed by atoms with Crippen LogP contribution in [-0.2, 0) is 6.54 Å². The molecule has 2 aromatic rings. The number of nitro groups is 1. The number of rotatable bonds is 8. The van der Waals surface area contributed by atoms with Gasteiger partial charge in [0, 0.05) is 57.4 Å². The molecule has 0 aromatic heterocycles. The molecule has 0 atom stereocenters. The second-order valence-corrected chi connectivity index (χ2v) is 7.85. The molecular weight excluding hydrogens is 388 g/mol. The van der Waals surface area contributed by atoms with Crippen LogP contribution in [0.5, 0.6) is 0 Å². The molecule has 1 amide bonds. The fraction of sp³-hybridized carbons (Fsp3) is 0.381. The quantitative estimate of drug-likeness (QED) is 0.407. The van der Waals surface area contributed by atoms with Crippen LogP contribution in [0.25, 0.3) is 0 Å². The Morgan fingerprint density at radius 3 is 2.45 bits per heavy atom. The minimum absolute atomic E-state index is 0.0281. The highest BCUT2D eigenvalue weighted by atomic mass is 32.2. The number of hydrogen-bond donors (Lipinski definition) is 1. The van der Waals surface area contributed by atoms with Crippen molar-refractivity contribution in [2.24, 2.45) is 0 Å². The van der Waals surface area contributed by atoms with Gasteiger partial charge >= 0.3 is 0 Å². The highest BCUT2D eigenvalue weighted by Crippen LogP contribution is 2.28. The first kappa shape index (κ1) is 21.3. The van der Waals surface area contributed by atoms with Crippen molar-refractivity contribution in [1.82, 2.24) is 15.1 Å². The summed E-state index contributed by atoms with van der Waals surface area (Å²) in [7, 11) is 0. The van der Waals surface area contributed by atoms with Gasteiger partial charge < -0.3 is 5.32 Å². The van der Waals surface area contributed by atoms with Crippen LogP contribution < -0.4 is 5.32 Å². The molecule has 1 aliphatic rings. The van der Waals surface area contributed by atoms with Gasteiger partial charge in [-0.05, 0) is 24.0 Å². The number of benzene rings is 2. The fourth-order valence-corrected chi connectivity index (χ4v) is 3.96. The van der Waals surface area contributed by atoms with E-state index in [-0.39, 0.29) is 11.6 Å². The van der Waals surface area contributed by atoms with E-state index in [1.54, 1.807) is 18.4 Å². The SMILES string of the molecule is CSc1ccc(C(=O)NCCN2CCN(Cc3ccccc3)CC2)cc1[N+](=O)[O-]. The van der Waals surface area contributed by atoms with Crippen LogP contribution in [0.4, 0.5) is 5.69 Å². The van der Waals surface area contributed by atoms with Crippen LogP contribution in [0, 0.1) is 10.1 Å². The predicted octanol–water partition coefficient (Wildman–Crippen LogP) is 2.86. The molecule has 0 saturated carbocycles. The van der Waals surface area contributed by atoms with E-state index in [0.717, 1.165) is 39.3 Å². The van der Waals surface area contributed by atoms with Gasteiger partial charge in [-0.25, -0.2) is 0 Å². The molecule has 1 aliphatic heterocycles. The summed E-state index contributed by atoms with van der Waals surface area (Å²) in [6.07, 6.45) is 1.78. The van der Waals surface area contributed by atoms with Crippen molar-refractivity contribution >= 4 is 23.4 Å². The Kier molecular flexibility index (Phi) is 7.62. The number of piperazine rings is 1. The van der Waals surface area contributed by atoms with E-state index >= 15 is 0 Å². The van der Waals surface area contributed by atoms with Gasteiger partial charge in [0.1, 0.15) is 0 Å². The third-order valence-corrected chi connectivity index (χ3v) is 5.85. The second kappa shape index (κ2) is 10.4. The Morgan fingerprint density at radius 1 is 1.10 bits per heavy atom. The summed E-state index contributed by atoms with van der Waals surface area (Å²) in [4.78, 5) is 28.4. The maximum absolute atomic E-state index is 12.3. The number of nitro benzene ring substituents is 1. The van der Waals surface area contributed by atoms with Gasteiger partial charge in [0.05, 0.1) is 9.82 Å². The number of nitrogens with one attached hydrogen (secondary N) is 1. The Bertz CT molecular complexity index is 839. The molecule has 0 radical (unpaired) electrons. The minimum atomic E-state index is -0.447. The number of thioether (sulfide) groups is 1. The van der Waals surface area contributed by atoms with Gasteiger partial charge in [-0.3, -0.25) is 24.7 Å². The van der Waals surface area contributed by atoms with Gasteiger partial charge in [-0.2, -0.15) is 0 Å². The third-order valence-electron chi connectivity index (χ3n) is 5.07. The molecule has 2 aromatic carbocycles. The summed E-state index contributed by atoms with van der Waals surface area (Å²) < 4.78 is 0. The van der Waals surface area contributed by atoms with E-state index < -0.39 is 4.92 Å². The standard InChI is InChI=1S/C21H26N4O3S/c1-29-20-8-7-18(15-19(20)25(27)28)21(26)22-9-10-23-11-13-24(14-12-23)16-17-5-3-2-4-6-17/h2-8,15H,9-14,16H2,1H3,(H,22,26). The summed E-state index contributed by atoms with van der Waals surface area (Å²) in [5.74, 6) is -0.275. The molecule has 7 nitrogen and oxygen atoms in total. The smallest absolute Gasteiger partial charge is 0.283 e. The summed E-state index contributed by atoms with van der Waals surface area (Å²) in [6.45, 7) is 6.21. The lowest BCUT2D eigenvalue weighted by atomic mass is 10.2. The van der Waals surface area contributed by atoms with Crippen LogP contribution in [0.3, 0.4) is 0 Å². The monoisotopic (exact) mass is 414 g/mol. The largest absolute Gasteiger partial charge is 0.351 e. The van der Waals surface area contributed by atoms with Gasteiger partial charge in [0.25, 0.3) is 11.6 Å². The van der Waals surface area contributed by atoms with Crippen molar-refractivity contribution in [1.29, 1.82) is 0 Å². The molecule has 1 saturated heterocycles. The van der Waals surface area contributed by atoms with Gasteiger partial charge in [0.15, 0.2) is 0 Å². The molecule has 1 heterocycles. The molecule has 3 rings (SSSR count). The summed E-state index contributed by atoms with van der Waals surface area (Å²) >= 11 is 1.30. The molecule has 1 N–H and O–H groups in total. The predicted molar refractivity (Wildman–Crippen MR) is 115 cm³/mol. The number of nitrogens with zero attached hydrogens (tertiary/aromatic N) is 3. The van der Waals surface area contributed by atoms with E-state index in [4.69, 9.17) is 0 Å².